The van der Waals surface area contributed by atoms with Crippen LogP contribution < -0.4 is 25.5 Å². The van der Waals surface area contributed by atoms with Crippen LogP contribution in [0.25, 0.3) is 0 Å². The Bertz CT molecular complexity index is 1310. The molecule has 0 radical (unpaired) electrons. The number of nitrogens with one attached hydrogen (secondary N) is 3. The summed E-state index contributed by atoms with van der Waals surface area (Å²) < 4.78 is 24.4. The van der Waals surface area contributed by atoms with E-state index in [1.165, 1.54) is 43.7 Å². The summed E-state index contributed by atoms with van der Waals surface area (Å²) in [6.07, 6.45) is 1.26. The number of methoxy groups -OCH3 is 1. The average Bonchev–Trinajstić information content (AvgIpc) is 2.88. The summed E-state index contributed by atoms with van der Waals surface area (Å²) in [5, 5.41) is 8.77. The van der Waals surface area contributed by atoms with Crippen LogP contribution in [0.4, 0.5) is 10.1 Å². The molecule has 0 heterocycles. The van der Waals surface area contributed by atoms with Crippen LogP contribution in [-0.4, -0.2) is 37.7 Å². The quantitative estimate of drug-likeness (QED) is 0.224. The fourth-order valence-corrected chi connectivity index (χ4v) is 3.30. The molecule has 0 atom stereocenters. The van der Waals surface area contributed by atoms with Gasteiger partial charge in [-0.2, -0.15) is 5.10 Å². The Labute approximate surface area is 217 Å². The van der Waals surface area contributed by atoms with Crippen molar-refractivity contribution < 1.29 is 28.2 Å². The molecule has 3 aromatic rings. The van der Waals surface area contributed by atoms with Gasteiger partial charge in [-0.1, -0.05) is 53.6 Å². The second kappa shape index (κ2) is 13.0. The molecule has 0 aliphatic heterocycles. The largest absolute Gasteiger partial charge is 0.493 e. The number of carbonyl (C=O) groups excluding carboxylic acids is 3. The van der Waals surface area contributed by atoms with E-state index in [1.807, 2.05) is 31.2 Å². The molecular weight excluding hydrogens is 503 g/mol. The minimum absolute atomic E-state index is 0.0200. The van der Waals surface area contributed by atoms with E-state index in [0.29, 0.717) is 5.56 Å². The molecule has 3 amide bonds. The third-order valence-electron chi connectivity index (χ3n) is 4.91. The van der Waals surface area contributed by atoms with E-state index >= 15 is 0 Å². The van der Waals surface area contributed by atoms with E-state index in [4.69, 9.17) is 21.1 Å². The number of hydrogen-bond donors (Lipinski definition) is 3. The Morgan fingerprint density at radius 1 is 1.05 bits per heavy atom. The van der Waals surface area contributed by atoms with Gasteiger partial charge in [0.1, 0.15) is 5.82 Å². The minimum Gasteiger partial charge on any atom is -0.493 e. The zero-order valence-electron chi connectivity index (χ0n) is 20.0. The zero-order valence-corrected chi connectivity index (χ0v) is 20.8. The lowest BCUT2D eigenvalue weighted by molar-refractivity contribution is -0.139. The van der Waals surface area contributed by atoms with Gasteiger partial charge in [0.05, 0.1) is 24.0 Å². The van der Waals surface area contributed by atoms with Crippen LogP contribution in [0.2, 0.25) is 5.02 Å². The molecule has 0 saturated carbocycles. The summed E-state index contributed by atoms with van der Waals surface area (Å²) in [5.41, 5.74) is 4.51. The lowest BCUT2D eigenvalue weighted by Crippen LogP contribution is -2.37. The normalized spacial score (nSPS) is 10.6. The summed E-state index contributed by atoms with van der Waals surface area (Å²) in [7, 11) is 1.37. The van der Waals surface area contributed by atoms with Crippen molar-refractivity contribution in [3.8, 4) is 11.5 Å². The predicted molar refractivity (Wildman–Crippen MR) is 137 cm³/mol. The maximum atomic E-state index is 13.7. The van der Waals surface area contributed by atoms with Crippen molar-refractivity contribution in [3.05, 3.63) is 88.2 Å². The summed E-state index contributed by atoms with van der Waals surface area (Å²) >= 11 is 6.27. The first-order chi connectivity index (χ1) is 17.8. The van der Waals surface area contributed by atoms with Gasteiger partial charge in [0.2, 0.25) is 0 Å². The number of rotatable bonds is 9. The summed E-state index contributed by atoms with van der Waals surface area (Å²) in [5.74, 6) is -2.68. The predicted octanol–water partition coefficient (Wildman–Crippen LogP) is 3.58. The summed E-state index contributed by atoms with van der Waals surface area (Å²) in [6, 6.07) is 16.2. The number of nitrogens with zero attached hydrogens (tertiary/aromatic N) is 1. The minimum atomic E-state index is -0.942. The Balaban J connectivity index is 1.54. The van der Waals surface area contributed by atoms with Crippen molar-refractivity contribution in [1.29, 1.82) is 0 Å². The molecule has 0 unspecified atom stereocenters. The second-order valence-electron chi connectivity index (χ2n) is 7.72. The molecule has 0 aliphatic carbocycles. The van der Waals surface area contributed by atoms with E-state index in [2.05, 4.69) is 21.2 Å². The molecule has 192 valence electrons. The first-order valence-corrected chi connectivity index (χ1v) is 11.4. The number of halogens is 2. The van der Waals surface area contributed by atoms with Gasteiger partial charge in [0, 0.05) is 6.54 Å². The zero-order chi connectivity index (χ0) is 26.8. The monoisotopic (exact) mass is 526 g/mol. The van der Waals surface area contributed by atoms with Crippen LogP contribution in [0.3, 0.4) is 0 Å². The molecular formula is C26H24ClFN4O5. The molecule has 0 bridgehead atoms. The van der Waals surface area contributed by atoms with E-state index in [1.54, 1.807) is 6.07 Å². The maximum Gasteiger partial charge on any atom is 0.329 e. The van der Waals surface area contributed by atoms with Crippen LogP contribution in [0.5, 0.6) is 11.5 Å². The highest BCUT2D eigenvalue weighted by atomic mass is 35.5. The van der Waals surface area contributed by atoms with Gasteiger partial charge in [-0.3, -0.25) is 14.4 Å². The van der Waals surface area contributed by atoms with Crippen molar-refractivity contribution in [1.82, 2.24) is 10.7 Å². The van der Waals surface area contributed by atoms with Gasteiger partial charge >= 0.3 is 11.8 Å². The van der Waals surface area contributed by atoms with Crippen molar-refractivity contribution in [3.63, 3.8) is 0 Å². The summed E-state index contributed by atoms with van der Waals surface area (Å²) in [6.45, 7) is 1.69. The van der Waals surface area contributed by atoms with Crippen molar-refractivity contribution in [2.75, 3.05) is 19.0 Å². The Hall–Kier alpha value is -4.44. The molecule has 0 fully saturated rings. The molecule has 0 saturated heterocycles. The highest BCUT2D eigenvalue weighted by Crippen LogP contribution is 2.36. The molecule has 37 heavy (non-hydrogen) atoms. The molecule has 11 heteroatoms. The van der Waals surface area contributed by atoms with Crippen LogP contribution in [-0.2, 0) is 20.9 Å². The Morgan fingerprint density at radius 2 is 1.78 bits per heavy atom. The maximum absolute atomic E-state index is 13.7. The topological polar surface area (TPSA) is 118 Å². The van der Waals surface area contributed by atoms with E-state index in [9.17, 15) is 18.8 Å². The number of hydrazone groups is 1. The summed E-state index contributed by atoms with van der Waals surface area (Å²) in [4.78, 5) is 36.1. The van der Waals surface area contributed by atoms with Gasteiger partial charge in [0.25, 0.3) is 5.91 Å². The van der Waals surface area contributed by atoms with Crippen LogP contribution in [0.15, 0.2) is 65.8 Å². The average molecular weight is 527 g/mol. The van der Waals surface area contributed by atoms with Crippen LogP contribution >= 0.6 is 11.6 Å². The number of hydrogen-bond acceptors (Lipinski definition) is 6. The number of amides is 3. The van der Waals surface area contributed by atoms with Crippen LogP contribution in [0.1, 0.15) is 16.7 Å². The standard InChI is InChI=1S/C26H24ClFN4O5/c1-16-7-9-17(10-8-16)13-29-25(34)26(35)32-30-14-18-11-19(27)24(22(12-18)36-2)37-15-23(33)31-21-6-4-3-5-20(21)28/h3-12,14H,13,15H2,1-2H3,(H,29,34)(H,31,33)(H,32,35)/b30-14-. The number of carbonyl (C=O) groups is 3. The fraction of sp³-hybridized carbons (Fsp3) is 0.154. The van der Waals surface area contributed by atoms with E-state index < -0.39 is 30.1 Å². The van der Waals surface area contributed by atoms with Crippen LogP contribution in [0, 0.1) is 12.7 Å². The van der Waals surface area contributed by atoms with Gasteiger partial charge < -0.3 is 20.1 Å². The fourth-order valence-electron chi connectivity index (χ4n) is 3.03. The first-order valence-electron chi connectivity index (χ1n) is 11.0. The third-order valence-corrected chi connectivity index (χ3v) is 5.19. The smallest absolute Gasteiger partial charge is 0.329 e. The number of aryl methyl sites for hydroxylation is 1. The number of para-hydroxylation sites is 1. The molecule has 0 aliphatic rings. The van der Waals surface area contributed by atoms with Gasteiger partial charge in [-0.15, -0.1) is 0 Å². The molecule has 3 aromatic carbocycles. The lowest BCUT2D eigenvalue weighted by atomic mass is 10.1. The number of ether oxygens (including phenoxy) is 2. The second-order valence-corrected chi connectivity index (χ2v) is 8.13. The highest BCUT2D eigenvalue weighted by molar-refractivity contribution is 6.35. The van der Waals surface area contributed by atoms with Crippen molar-refractivity contribution >= 4 is 41.2 Å². The SMILES string of the molecule is COc1cc(/C=N\NC(=O)C(=O)NCc2ccc(C)cc2)cc(Cl)c1OCC(=O)Nc1ccccc1F. The lowest BCUT2D eigenvalue weighted by Gasteiger charge is -2.13. The molecule has 0 spiro atoms. The van der Waals surface area contributed by atoms with Gasteiger partial charge in [0.15, 0.2) is 18.1 Å². The Kier molecular flexibility index (Phi) is 9.56. The van der Waals surface area contributed by atoms with E-state index in [0.717, 1.165) is 11.1 Å². The molecule has 3 N–H and O–H groups in total. The Morgan fingerprint density at radius 3 is 2.49 bits per heavy atom. The molecule has 9 nitrogen and oxygen atoms in total. The van der Waals surface area contributed by atoms with Gasteiger partial charge in [-0.25, -0.2) is 9.82 Å². The van der Waals surface area contributed by atoms with Crippen molar-refractivity contribution in [2.45, 2.75) is 13.5 Å². The first kappa shape index (κ1) is 27.2. The van der Waals surface area contributed by atoms with Crippen molar-refractivity contribution in [2.24, 2.45) is 5.10 Å². The number of benzene rings is 3. The van der Waals surface area contributed by atoms with E-state index in [-0.39, 0.29) is 28.8 Å². The molecule has 3 rings (SSSR count). The third kappa shape index (κ3) is 8.04. The number of anilines is 1. The van der Waals surface area contributed by atoms with Gasteiger partial charge in [-0.05, 0) is 42.3 Å². The molecule has 0 aromatic heterocycles. The highest BCUT2D eigenvalue weighted by Gasteiger charge is 2.15.